The molecule has 26 heavy (non-hydrogen) atoms. The molecule has 1 aliphatic carbocycles. The highest BCUT2D eigenvalue weighted by atomic mass is 16.5. The first-order valence-corrected chi connectivity index (χ1v) is 9.69. The van der Waals surface area contributed by atoms with Crippen LogP contribution >= 0.6 is 0 Å². The van der Waals surface area contributed by atoms with Crippen molar-refractivity contribution in [2.45, 2.75) is 32.1 Å². The maximum absolute atomic E-state index is 9.74. The van der Waals surface area contributed by atoms with E-state index in [1.54, 1.807) is 0 Å². The number of ether oxygens (including phenoxy) is 1. The van der Waals surface area contributed by atoms with Crippen LogP contribution in [0.3, 0.4) is 0 Å². The zero-order valence-electron chi connectivity index (χ0n) is 15.7. The van der Waals surface area contributed by atoms with E-state index in [1.807, 2.05) is 18.2 Å². The van der Waals surface area contributed by atoms with Crippen LogP contribution in [0.1, 0.15) is 31.2 Å². The van der Waals surface area contributed by atoms with Crippen molar-refractivity contribution in [3.05, 3.63) is 59.7 Å². The smallest absolute Gasteiger partial charge is 0.0645 e. The minimum absolute atomic E-state index is 0.0658. The van der Waals surface area contributed by atoms with E-state index in [1.165, 1.54) is 5.56 Å². The monoisotopic (exact) mass is 359 g/mol. The van der Waals surface area contributed by atoms with Crippen molar-refractivity contribution in [3.8, 4) is 0 Å². The molecule has 4 nitrogen and oxygen atoms in total. The summed E-state index contributed by atoms with van der Waals surface area (Å²) in [7, 11) is 0. The molecule has 0 spiro atoms. The molecule has 0 aromatic heterocycles. The van der Waals surface area contributed by atoms with Crippen LogP contribution in [0.5, 0.6) is 0 Å². The molecule has 0 amide bonds. The van der Waals surface area contributed by atoms with Crippen molar-refractivity contribution in [3.63, 3.8) is 0 Å². The van der Waals surface area contributed by atoms with E-state index in [9.17, 15) is 10.2 Å². The lowest BCUT2D eigenvalue weighted by atomic mass is 9.79. The summed E-state index contributed by atoms with van der Waals surface area (Å²) in [5.74, 6) is 0. The van der Waals surface area contributed by atoms with Gasteiger partial charge in [0, 0.05) is 18.6 Å². The number of benzene rings is 1. The molecule has 1 aromatic carbocycles. The molecule has 1 aromatic rings. The molecule has 1 atom stereocenters. The van der Waals surface area contributed by atoms with E-state index in [-0.39, 0.29) is 18.6 Å². The second kappa shape index (κ2) is 12.0. The van der Waals surface area contributed by atoms with Gasteiger partial charge in [0.05, 0.1) is 19.8 Å². The molecule has 1 unspecified atom stereocenters. The average molecular weight is 360 g/mol. The average Bonchev–Trinajstić information content (AvgIpc) is 2.70. The first kappa shape index (κ1) is 20.8. The van der Waals surface area contributed by atoms with Crippen LogP contribution in [0.2, 0.25) is 0 Å². The summed E-state index contributed by atoms with van der Waals surface area (Å²) in [6.07, 6.45) is 11.0. The summed E-state index contributed by atoms with van der Waals surface area (Å²) in [4.78, 5) is 0. The first-order chi connectivity index (χ1) is 12.8. The Morgan fingerprint density at radius 1 is 1.04 bits per heavy atom. The first-order valence-electron chi connectivity index (χ1n) is 9.69. The zero-order chi connectivity index (χ0) is 18.5. The van der Waals surface area contributed by atoms with Gasteiger partial charge in [-0.25, -0.2) is 0 Å². The Morgan fingerprint density at radius 2 is 1.88 bits per heavy atom. The minimum Gasteiger partial charge on any atom is -0.395 e. The lowest BCUT2D eigenvalue weighted by molar-refractivity contribution is 0.132. The molecule has 0 saturated carbocycles. The summed E-state index contributed by atoms with van der Waals surface area (Å²) < 4.78 is 5.70. The van der Waals surface area contributed by atoms with E-state index in [4.69, 9.17) is 4.74 Å². The Morgan fingerprint density at radius 3 is 2.65 bits per heavy atom. The molecule has 0 bridgehead atoms. The Bertz CT molecular complexity index is 556. The summed E-state index contributed by atoms with van der Waals surface area (Å²) in [6, 6.07) is 10.4. The van der Waals surface area contributed by atoms with Gasteiger partial charge >= 0.3 is 0 Å². The number of hydrogen-bond donors (Lipinski definition) is 3. The van der Waals surface area contributed by atoms with Gasteiger partial charge in [-0.3, -0.25) is 0 Å². The fraction of sp³-hybridized carbons (Fsp3) is 0.545. The summed E-state index contributed by atoms with van der Waals surface area (Å²) in [5, 5.41) is 22.5. The molecule has 4 heteroatoms. The Labute approximate surface area is 157 Å². The second-order valence-electron chi connectivity index (χ2n) is 7.12. The predicted octanol–water partition coefficient (Wildman–Crippen LogP) is 2.86. The van der Waals surface area contributed by atoms with Gasteiger partial charge in [-0.15, -0.1) is 0 Å². The fourth-order valence-corrected chi connectivity index (χ4v) is 3.26. The van der Waals surface area contributed by atoms with Crippen molar-refractivity contribution in [1.82, 2.24) is 5.32 Å². The third-order valence-corrected chi connectivity index (χ3v) is 4.88. The largest absolute Gasteiger partial charge is 0.395 e. The van der Waals surface area contributed by atoms with E-state index >= 15 is 0 Å². The normalized spacial score (nSPS) is 19.5. The number of hydrogen-bond acceptors (Lipinski definition) is 4. The van der Waals surface area contributed by atoms with Gasteiger partial charge < -0.3 is 20.3 Å². The third-order valence-electron chi connectivity index (χ3n) is 4.88. The molecule has 3 N–H and O–H groups in total. The zero-order valence-corrected chi connectivity index (χ0v) is 15.7. The molecule has 0 aliphatic heterocycles. The summed E-state index contributed by atoms with van der Waals surface area (Å²) in [5.41, 5.74) is 2.04. The van der Waals surface area contributed by atoms with Crippen LogP contribution in [0, 0.1) is 5.41 Å². The molecule has 2 rings (SSSR count). The van der Waals surface area contributed by atoms with Crippen molar-refractivity contribution in [2.75, 3.05) is 39.5 Å². The highest BCUT2D eigenvalue weighted by molar-refractivity contribution is 5.24. The molecule has 1 aliphatic rings. The second-order valence-corrected chi connectivity index (χ2v) is 7.12. The Hall–Kier alpha value is -1.46. The standard InChI is InChI=1S/C22H33NO3/c24-17-21-10-7-12-22(16-21,19-25)18-23-13-5-2-6-14-26-15-11-20-8-3-1-4-9-20/h1,3-4,7-10,12,23-25H,2,5-6,11,13-19H2. The van der Waals surface area contributed by atoms with Gasteiger partial charge in [0.15, 0.2) is 0 Å². The van der Waals surface area contributed by atoms with E-state index in [0.29, 0.717) is 0 Å². The van der Waals surface area contributed by atoms with Gasteiger partial charge in [0.25, 0.3) is 0 Å². The fourth-order valence-electron chi connectivity index (χ4n) is 3.26. The van der Waals surface area contributed by atoms with Gasteiger partial charge in [-0.1, -0.05) is 48.6 Å². The number of unbranched alkanes of at least 4 members (excludes halogenated alkanes) is 2. The lowest BCUT2D eigenvalue weighted by Gasteiger charge is -2.32. The van der Waals surface area contributed by atoms with Crippen LogP contribution in [0.25, 0.3) is 0 Å². The van der Waals surface area contributed by atoms with Crippen molar-refractivity contribution in [2.24, 2.45) is 5.41 Å². The Kier molecular flexibility index (Phi) is 9.64. The molecular formula is C22H33NO3. The van der Waals surface area contributed by atoms with Crippen molar-refractivity contribution >= 4 is 0 Å². The SMILES string of the molecule is OCC1=CC=CC(CO)(CNCCCCCOCCc2ccccc2)C1. The van der Waals surface area contributed by atoms with Crippen LogP contribution < -0.4 is 5.32 Å². The molecule has 0 heterocycles. The van der Waals surface area contributed by atoms with Gasteiger partial charge in [-0.2, -0.15) is 0 Å². The van der Waals surface area contributed by atoms with Gasteiger partial charge in [0.1, 0.15) is 0 Å². The van der Waals surface area contributed by atoms with Crippen LogP contribution in [0.15, 0.2) is 54.1 Å². The number of nitrogens with one attached hydrogen (secondary N) is 1. The quantitative estimate of drug-likeness (QED) is 0.474. The van der Waals surface area contributed by atoms with E-state index in [2.05, 4.69) is 35.7 Å². The van der Waals surface area contributed by atoms with Crippen molar-refractivity contribution < 1.29 is 14.9 Å². The number of allylic oxidation sites excluding steroid dienone is 2. The highest BCUT2D eigenvalue weighted by Gasteiger charge is 2.28. The highest BCUT2D eigenvalue weighted by Crippen LogP contribution is 2.30. The molecule has 0 radical (unpaired) electrons. The van der Waals surface area contributed by atoms with Crippen molar-refractivity contribution in [1.29, 1.82) is 0 Å². The predicted molar refractivity (Wildman–Crippen MR) is 106 cm³/mol. The maximum Gasteiger partial charge on any atom is 0.0645 e. The number of aliphatic hydroxyl groups is 2. The van der Waals surface area contributed by atoms with Crippen LogP contribution in [-0.2, 0) is 11.2 Å². The van der Waals surface area contributed by atoms with Gasteiger partial charge in [-0.05, 0) is 49.8 Å². The molecule has 0 saturated heterocycles. The topological polar surface area (TPSA) is 61.7 Å². The molecule has 144 valence electrons. The van der Waals surface area contributed by atoms with Gasteiger partial charge in [0.2, 0.25) is 0 Å². The molecular weight excluding hydrogens is 326 g/mol. The third kappa shape index (κ3) is 7.42. The Balaban J connectivity index is 1.46. The number of rotatable bonds is 13. The molecule has 0 fully saturated rings. The van der Waals surface area contributed by atoms with Crippen LogP contribution in [-0.4, -0.2) is 49.7 Å². The van der Waals surface area contributed by atoms with Crippen LogP contribution in [0.4, 0.5) is 0 Å². The lowest BCUT2D eigenvalue weighted by Crippen LogP contribution is -2.37. The summed E-state index contributed by atoms with van der Waals surface area (Å²) >= 11 is 0. The van der Waals surface area contributed by atoms with E-state index < -0.39 is 0 Å². The van der Waals surface area contributed by atoms with E-state index in [0.717, 1.165) is 64.0 Å². The summed E-state index contributed by atoms with van der Waals surface area (Å²) in [6.45, 7) is 3.46. The maximum atomic E-state index is 9.74. The minimum atomic E-state index is -0.270. The number of aliphatic hydroxyl groups excluding tert-OH is 2.